The molecule has 0 bridgehead atoms. The van der Waals surface area contributed by atoms with Gasteiger partial charge in [-0.1, -0.05) is 19.4 Å². The lowest BCUT2D eigenvalue weighted by atomic mass is 10.0. The number of hydrogen-bond acceptors (Lipinski definition) is 1. The van der Waals surface area contributed by atoms with Crippen LogP contribution in [0.5, 0.6) is 0 Å². The molecule has 1 aromatic heterocycles. The minimum atomic E-state index is 0.157. The van der Waals surface area contributed by atoms with Gasteiger partial charge >= 0.3 is 0 Å². The highest BCUT2D eigenvalue weighted by Gasteiger charge is 2.05. The summed E-state index contributed by atoms with van der Waals surface area (Å²) in [5.41, 5.74) is 4.11. The first kappa shape index (κ1) is 10.9. The second kappa shape index (κ2) is 4.12. The monoisotopic (exact) mass is 215 g/mol. The zero-order valence-corrected chi connectivity index (χ0v) is 10.1. The second-order valence-electron chi connectivity index (χ2n) is 4.33. The first-order valence-electron chi connectivity index (χ1n) is 5.75. The summed E-state index contributed by atoms with van der Waals surface area (Å²) in [6, 6.07) is 6.12. The van der Waals surface area contributed by atoms with Gasteiger partial charge in [0.1, 0.15) is 0 Å². The van der Waals surface area contributed by atoms with Crippen molar-refractivity contribution in [3.05, 3.63) is 45.2 Å². The molecule has 0 unspecified atom stereocenters. The lowest BCUT2D eigenvalue weighted by Crippen LogP contribution is -2.09. The van der Waals surface area contributed by atoms with Gasteiger partial charge in [0.25, 0.3) is 0 Å². The average Bonchev–Trinajstić information content (AvgIpc) is 2.28. The van der Waals surface area contributed by atoms with E-state index in [0.717, 1.165) is 35.0 Å². The van der Waals surface area contributed by atoms with Crippen molar-refractivity contribution in [1.82, 2.24) is 4.98 Å². The Morgan fingerprint density at radius 2 is 2.00 bits per heavy atom. The third-order valence-electron chi connectivity index (χ3n) is 3.09. The number of hydrogen-bond donors (Lipinski definition) is 1. The van der Waals surface area contributed by atoms with E-state index in [4.69, 9.17) is 0 Å². The summed E-state index contributed by atoms with van der Waals surface area (Å²) in [7, 11) is 0. The average molecular weight is 215 g/mol. The minimum absolute atomic E-state index is 0.157. The number of H-pyrrole nitrogens is 1. The van der Waals surface area contributed by atoms with Crippen molar-refractivity contribution in [3.63, 3.8) is 0 Å². The Kier molecular flexibility index (Phi) is 2.82. The predicted octanol–water partition coefficient (Wildman–Crippen LogP) is 3.10. The molecule has 2 aromatic rings. The summed E-state index contributed by atoms with van der Waals surface area (Å²) < 4.78 is 0. The fourth-order valence-corrected chi connectivity index (χ4v) is 2.00. The fraction of sp³-hybridized carbons (Fsp3) is 0.357. The van der Waals surface area contributed by atoms with Gasteiger partial charge in [0.2, 0.25) is 0 Å². The van der Waals surface area contributed by atoms with Gasteiger partial charge in [-0.3, -0.25) is 4.79 Å². The smallest absolute Gasteiger partial charge is 0.192 e. The van der Waals surface area contributed by atoms with Gasteiger partial charge in [0, 0.05) is 22.2 Å². The van der Waals surface area contributed by atoms with Crippen LogP contribution in [0.25, 0.3) is 10.9 Å². The number of nitrogens with one attached hydrogen (secondary N) is 1. The van der Waals surface area contributed by atoms with Crippen LogP contribution in [-0.2, 0) is 6.42 Å². The number of aromatic amines is 1. The third kappa shape index (κ3) is 1.75. The molecule has 16 heavy (non-hydrogen) atoms. The van der Waals surface area contributed by atoms with Crippen LogP contribution < -0.4 is 5.43 Å². The Balaban J connectivity index is 2.73. The highest BCUT2D eigenvalue weighted by Crippen LogP contribution is 2.14. The van der Waals surface area contributed by atoms with E-state index < -0.39 is 0 Å². The SMILES string of the molecule is CCCc1ccc2[nH]c(C)c(C)c(=O)c2c1. The van der Waals surface area contributed by atoms with Gasteiger partial charge < -0.3 is 4.98 Å². The van der Waals surface area contributed by atoms with E-state index in [-0.39, 0.29) is 5.43 Å². The van der Waals surface area contributed by atoms with Crippen molar-refractivity contribution in [2.75, 3.05) is 0 Å². The molecule has 2 heteroatoms. The molecule has 2 rings (SSSR count). The van der Waals surface area contributed by atoms with E-state index in [1.807, 2.05) is 26.0 Å². The number of fused-ring (bicyclic) bond motifs is 1. The van der Waals surface area contributed by atoms with Crippen molar-refractivity contribution in [3.8, 4) is 0 Å². The maximum Gasteiger partial charge on any atom is 0.192 e. The Labute approximate surface area is 95.3 Å². The molecule has 0 amide bonds. The van der Waals surface area contributed by atoms with E-state index in [0.29, 0.717) is 0 Å². The molecule has 84 valence electrons. The molecule has 1 N–H and O–H groups in total. The van der Waals surface area contributed by atoms with Crippen LogP contribution in [0.3, 0.4) is 0 Å². The highest BCUT2D eigenvalue weighted by molar-refractivity contribution is 5.80. The molecule has 0 saturated carbocycles. The van der Waals surface area contributed by atoms with Crippen LogP contribution in [-0.4, -0.2) is 4.98 Å². The molecule has 0 saturated heterocycles. The van der Waals surface area contributed by atoms with Crippen molar-refractivity contribution in [2.45, 2.75) is 33.6 Å². The molecule has 1 aromatic carbocycles. The van der Waals surface area contributed by atoms with Crippen molar-refractivity contribution >= 4 is 10.9 Å². The van der Waals surface area contributed by atoms with Crippen molar-refractivity contribution < 1.29 is 0 Å². The largest absolute Gasteiger partial charge is 0.358 e. The molecule has 1 heterocycles. The van der Waals surface area contributed by atoms with E-state index in [1.54, 1.807) is 0 Å². The summed E-state index contributed by atoms with van der Waals surface area (Å²) in [4.78, 5) is 15.4. The molecular formula is C14H17NO. The summed E-state index contributed by atoms with van der Waals surface area (Å²) in [5, 5.41) is 0.814. The lowest BCUT2D eigenvalue weighted by Gasteiger charge is -2.06. The lowest BCUT2D eigenvalue weighted by molar-refractivity contribution is 0.923. The Hall–Kier alpha value is -1.57. The molecule has 0 aliphatic heterocycles. The topological polar surface area (TPSA) is 32.9 Å². The molecule has 2 nitrogen and oxygen atoms in total. The van der Waals surface area contributed by atoms with Gasteiger partial charge in [0.05, 0.1) is 0 Å². The van der Waals surface area contributed by atoms with Crippen LogP contribution in [0.1, 0.15) is 30.2 Å². The first-order chi connectivity index (χ1) is 7.63. The minimum Gasteiger partial charge on any atom is -0.358 e. The summed E-state index contributed by atoms with van der Waals surface area (Å²) in [6.45, 7) is 5.96. The van der Waals surface area contributed by atoms with Gasteiger partial charge in [-0.25, -0.2) is 0 Å². The summed E-state index contributed by atoms with van der Waals surface area (Å²) in [5.74, 6) is 0. The van der Waals surface area contributed by atoms with Gasteiger partial charge in [0.15, 0.2) is 5.43 Å². The molecule has 0 spiro atoms. The molecular weight excluding hydrogens is 198 g/mol. The van der Waals surface area contributed by atoms with Crippen LogP contribution >= 0.6 is 0 Å². The Bertz CT molecular complexity index is 581. The number of aromatic nitrogens is 1. The zero-order chi connectivity index (χ0) is 11.7. The Morgan fingerprint density at radius 3 is 2.69 bits per heavy atom. The standard InChI is InChI=1S/C14H17NO/c1-4-5-11-6-7-13-12(8-11)14(16)9(2)10(3)15-13/h6-8H,4-5H2,1-3H3,(H,15,16). The molecule has 0 fully saturated rings. The van der Waals surface area contributed by atoms with E-state index in [1.165, 1.54) is 5.56 Å². The Morgan fingerprint density at radius 1 is 1.25 bits per heavy atom. The number of aryl methyl sites for hydroxylation is 2. The number of pyridine rings is 1. The third-order valence-corrected chi connectivity index (χ3v) is 3.09. The molecule has 0 aliphatic carbocycles. The molecule has 0 atom stereocenters. The van der Waals surface area contributed by atoms with Crippen LogP contribution in [0.4, 0.5) is 0 Å². The quantitative estimate of drug-likeness (QED) is 0.820. The fourth-order valence-electron chi connectivity index (χ4n) is 2.00. The van der Waals surface area contributed by atoms with Crippen molar-refractivity contribution in [1.29, 1.82) is 0 Å². The van der Waals surface area contributed by atoms with Gasteiger partial charge in [-0.05, 0) is 38.0 Å². The number of rotatable bonds is 2. The zero-order valence-electron chi connectivity index (χ0n) is 10.1. The molecule has 0 radical (unpaired) electrons. The summed E-state index contributed by atoms with van der Waals surface area (Å²) >= 11 is 0. The second-order valence-corrected chi connectivity index (χ2v) is 4.33. The van der Waals surface area contributed by atoms with E-state index >= 15 is 0 Å². The van der Waals surface area contributed by atoms with Crippen LogP contribution in [0.15, 0.2) is 23.0 Å². The number of benzene rings is 1. The maximum absolute atomic E-state index is 12.1. The molecule has 0 aliphatic rings. The first-order valence-corrected chi connectivity index (χ1v) is 5.75. The van der Waals surface area contributed by atoms with Crippen LogP contribution in [0.2, 0.25) is 0 Å². The van der Waals surface area contributed by atoms with Gasteiger partial charge in [-0.2, -0.15) is 0 Å². The summed E-state index contributed by atoms with van der Waals surface area (Å²) in [6.07, 6.45) is 2.14. The normalized spacial score (nSPS) is 10.9. The van der Waals surface area contributed by atoms with Crippen LogP contribution in [0, 0.1) is 13.8 Å². The van der Waals surface area contributed by atoms with E-state index in [9.17, 15) is 4.79 Å². The highest BCUT2D eigenvalue weighted by atomic mass is 16.1. The maximum atomic E-state index is 12.1. The van der Waals surface area contributed by atoms with Crippen molar-refractivity contribution in [2.24, 2.45) is 0 Å². The van der Waals surface area contributed by atoms with E-state index in [2.05, 4.69) is 18.0 Å². The predicted molar refractivity (Wildman–Crippen MR) is 68.0 cm³/mol. The van der Waals surface area contributed by atoms with Gasteiger partial charge in [-0.15, -0.1) is 0 Å².